The van der Waals surface area contributed by atoms with Crippen LogP contribution in [0, 0.1) is 12.8 Å². The van der Waals surface area contributed by atoms with Gasteiger partial charge in [-0.25, -0.2) is 4.68 Å². The van der Waals surface area contributed by atoms with Gasteiger partial charge in [0.25, 0.3) is 5.91 Å². The molecule has 0 radical (unpaired) electrons. The number of nitrogens with one attached hydrogen (secondary N) is 2. The number of hydrogen-bond donors (Lipinski definition) is 2. The molecule has 0 saturated carbocycles. The Morgan fingerprint density at radius 2 is 2.04 bits per heavy atom. The average molecular weight is 384 g/mol. The number of aryl methyl sites for hydroxylation is 1. The van der Waals surface area contributed by atoms with Crippen LogP contribution in [0.4, 0.5) is 5.69 Å². The minimum Gasteiger partial charge on any atom is -0.339 e. The largest absolute Gasteiger partial charge is 0.339 e. The van der Waals surface area contributed by atoms with Crippen molar-refractivity contribution in [2.45, 2.75) is 26.8 Å². The third kappa shape index (κ3) is 4.37. The summed E-state index contributed by atoms with van der Waals surface area (Å²) in [5.74, 6) is -0.600. The molecule has 3 aromatic rings. The zero-order valence-electron chi connectivity index (χ0n) is 15.2. The number of hydrogen-bond acceptors (Lipinski definition) is 6. The van der Waals surface area contributed by atoms with Crippen LogP contribution >= 0.6 is 11.3 Å². The molecule has 0 bridgehead atoms. The van der Waals surface area contributed by atoms with Crippen molar-refractivity contribution in [1.29, 1.82) is 0 Å². The van der Waals surface area contributed by atoms with E-state index >= 15 is 0 Å². The van der Waals surface area contributed by atoms with Crippen molar-refractivity contribution < 1.29 is 9.59 Å². The number of carbonyl (C=O) groups excluding carboxylic acids is 2. The molecular formula is C18H20N6O2S. The molecule has 2 amide bonds. The van der Waals surface area contributed by atoms with E-state index in [9.17, 15) is 9.59 Å². The van der Waals surface area contributed by atoms with E-state index in [4.69, 9.17) is 0 Å². The van der Waals surface area contributed by atoms with Crippen LogP contribution in [0.3, 0.4) is 0 Å². The van der Waals surface area contributed by atoms with Gasteiger partial charge in [0.05, 0.1) is 10.6 Å². The number of carbonyl (C=O) groups is 2. The lowest BCUT2D eigenvalue weighted by atomic mass is 10.0. The van der Waals surface area contributed by atoms with Gasteiger partial charge in [0, 0.05) is 5.69 Å². The monoisotopic (exact) mass is 384 g/mol. The summed E-state index contributed by atoms with van der Waals surface area (Å²) in [6, 6.07) is 8.35. The van der Waals surface area contributed by atoms with E-state index in [1.165, 1.54) is 22.3 Å². The van der Waals surface area contributed by atoms with Gasteiger partial charge in [-0.2, -0.15) is 0 Å². The fourth-order valence-corrected chi connectivity index (χ4v) is 3.21. The van der Waals surface area contributed by atoms with Gasteiger partial charge in [0.1, 0.15) is 12.4 Å². The average Bonchev–Trinajstić information content (AvgIpc) is 3.34. The SMILES string of the molecule is Cc1ccc(NC(=O)C(NC(=O)c2cccs2)C(C)C)cc1-n1cnnn1. The molecule has 0 fully saturated rings. The molecular weight excluding hydrogens is 364 g/mol. The van der Waals surface area contributed by atoms with Crippen molar-refractivity contribution >= 4 is 28.8 Å². The molecule has 0 spiro atoms. The number of nitrogens with zero attached hydrogens (tertiary/aromatic N) is 4. The molecule has 0 aliphatic rings. The van der Waals surface area contributed by atoms with E-state index in [0.29, 0.717) is 10.6 Å². The second-order valence-corrected chi connectivity index (χ2v) is 7.37. The first-order valence-corrected chi connectivity index (χ1v) is 9.33. The maximum Gasteiger partial charge on any atom is 0.262 e. The number of thiophene rings is 1. The third-order valence-electron chi connectivity index (χ3n) is 4.05. The molecule has 140 valence electrons. The summed E-state index contributed by atoms with van der Waals surface area (Å²) < 4.78 is 1.53. The molecule has 9 heteroatoms. The van der Waals surface area contributed by atoms with E-state index in [1.54, 1.807) is 24.3 Å². The standard InChI is InChI=1S/C18H20N6O2S/c1-11(2)16(21-17(25)15-5-4-8-27-15)18(26)20-13-7-6-12(3)14(9-13)24-10-19-22-23-24/h4-11,16H,1-3H3,(H,20,26)(H,21,25). The fraction of sp³-hybridized carbons (Fsp3) is 0.278. The van der Waals surface area contributed by atoms with Gasteiger partial charge in [-0.1, -0.05) is 26.0 Å². The lowest BCUT2D eigenvalue weighted by Crippen LogP contribution is -2.46. The third-order valence-corrected chi connectivity index (χ3v) is 4.92. The smallest absolute Gasteiger partial charge is 0.262 e. The molecule has 1 unspecified atom stereocenters. The van der Waals surface area contributed by atoms with Crippen LogP contribution in [0.5, 0.6) is 0 Å². The summed E-state index contributed by atoms with van der Waals surface area (Å²) in [6.45, 7) is 5.71. The van der Waals surface area contributed by atoms with Gasteiger partial charge in [-0.15, -0.1) is 16.4 Å². The Morgan fingerprint density at radius 3 is 2.67 bits per heavy atom. The number of rotatable bonds is 6. The number of aromatic nitrogens is 4. The van der Waals surface area contributed by atoms with Crippen LogP contribution in [-0.4, -0.2) is 38.1 Å². The van der Waals surface area contributed by atoms with Gasteiger partial charge in [-0.3, -0.25) is 9.59 Å². The Morgan fingerprint density at radius 1 is 1.22 bits per heavy atom. The molecule has 2 N–H and O–H groups in total. The predicted octanol–water partition coefficient (Wildman–Crippen LogP) is 2.43. The highest BCUT2D eigenvalue weighted by Crippen LogP contribution is 2.19. The normalized spacial score (nSPS) is 12.0. The van der Waals surface area contributed by atoms with Crippen LogP contribution in [0.1, 0.15) is 29.1 Å². The first-order chi connectivity index (χ1) is 13.0. The number of tetrazole rings is 1. The Hall–Kier alpha value is -3.07. The summed E-state index contributed by atoms with van der Waals surface area (Å²) in [5.41, 5.74) is 2.33. The molecule has 2 heterocycles. The highest BCUT2D eigenvalue weighted by Gasteiger charge is 2.25. The predicted molar refractivity (Wildman–Crippen MR) is 103 cm³/mol. The zero-order chi connectivity index (χ0) is 19.4. The Bertz CT molecular complexity index is 921. The lowest BCUT2D eigenvalue weighted by Gasteiger charge is -2.21. The van der Waals surface area contributed by atoms with Crippen LogP contribution in [-0.2, 0) is 4.79 Å². The van der Waals surface area contributed by atoms with E-state index in [0.717, 1.165) is 11.3 Å². The second kappa shape index (κ2) is 8.09. The molecule has 0 aliphatic heterocycles. The molecule has 27 heavy (non-hydrogen) atoms. The first-order valence-electron chi connectivity index (χ1n) is 8.45. The summed E-state index contributed by atoms with van der Waals surface area (Å²) in [7, 11) is 0. The number of amides is 2. The highest BCUT2D eigenvalue weighted by molar-refractivity contribution is 7.12. The molecule has 0 aliphatic carbocycles. The molecule has 3 rings (SSSR count). The summed E-state index contributed by atoms with van der Waals surface area (Å²) in [6.07, 6.45) is 1.49. The van der Waals surface area contributed by atoms with Gasteiger partial charge >= 0.3 is 0 Å². The van der Waals surface area contributed by atoms with Crippen molar-refractivity contribution in [3.05, 3.63) is 52.5 Å². The minimum atomic E-state index is -0.655. The molecule has 1 atom stereocenters. The summed E-state index contributed by atoms with van der Waals surface area (Å²) >= 11 is 1.34. The first kappa shape index (κ1) is 18.7. The van der Waals surface area contributed by atoms with Crippen molar-refractivity contribution in [1.82, 2.24) is 25.5 Å². The van der Waals surface area contributed by atoms with Crippen LogP contribution < -0.4 is 10.6 Å². The Labute approximate surface area is 160 Å². The maximum absolute atomic E-state index is 12.8. The Kier molecular flexibility index (Phi) is 5.60. The molecule has 1 aromatic carbocycles. The second-order valence-electron chi connectivity index (χ2n) is 6.42. The highest BCUT2D eigenvalue weighted by atomic mass is 32.1. The van der Waals surface area contributed by atoms with E-state index in [2.05, 4.69) is 26.2 Å². The van der Waals surface area contributed by atoms with Crippen LogP contribution in [0.15, 0.2) is 42.0 Å². The van der Waals surface area contributed by atoms with Crippen molar-refractivity contribution in [3.63, 3.8) is 0 Å². The molecule has 0 saturated heterocycles. The number of anilines is 1. The number of benzene rings is 1. The minimum absolute atomic E-state index is 0.0710. The van der Waals surface area contributed by atoms with Crippen LogP contribution in [0.25, 0.3) is 5.69 Å². The molecule has 2 aromatic heterocycles. The van der Waals surface area contributed by atoms with Gasteiger partial charge in [-0.05, 0) is 52.4 Å². The van der Waals surface area contributed by atoms with Gasteiger partial charge < -0.3 is 10.6 Å². The molecule has 8 nitrogen and oxygen atoms in total. The fourth-order valence-electron chi connectivity index (χ4n) is 2.58. The summed E-state index contributed by atoms with van der Waals surface area (Å²) in [5, 5.41) is 18.7. The summed E-state index contributed by atoms with van der Waals surface area (Å²) in [4.78, 5) is 25.7. The van der Waals surface area contributed by atoms with E-state index in [1.807, 2.05) is 32.2 Å². The lowest BCUT2D eigenvalue weighted by molar-refractivity contribution is -0.118. The maximum atomic E-state index is 12.8. The van der Waals surface area contributed by atoms with Crippen LogP contribution in [0.2, 0.25) is 0 Å². The van der Waals surface area contributed by atoms with E-state index < -0.39 is 6.04 Å². The van der Waals surface area contributed by atoms with Crippen molar-refractivity contribution in [2.75, 3.05) is 5.32 Å². The Balaban J connectivity index is 1.76. The topological polar surface area (TPSA) is 102 Å². The van der Waals surface area contributed by atoms with Crippen molar-refractivity contribution in [2.24, 2.45) is 5.92 Å². The quantitative estimate of drug-likeness (QED) is 0.680. The van der Waals surface area contributed by atoms with Crippen molar-refractivity contribution in [3.8, 4) is 5.69 Å². The van der Waals surface area contributed by atoms with Gasteiger partial charge in [0.15, 0.2) is 0 Å². The van der Waals surface area contributed by atoms with E-state index in [-0.39, 0.29) is 17.7 Å². The van der Waals surface area contributed by atoms with Gasteiger partial charge in [0.2, 0.25) is 5.91 Å². The zero-order valence-corrected chi connectivity index (χ0v) is 16.0.